The fraction of sp³-hybridized carbons (Fsp3) is 0.741. The number of ether oxygens (including phenoxy) is 2. The summed E-state index contributed by atoms with van der Waals surface area (Å²) in [6.07, 6.45) is 3.23. The maximum atomic E-state index is 13.2. The average Bonchev–Trinajstić information content (AvgIpc) is 3.22. The molecule has 2 fully saturated rings. The van der Waals surface area contributed by atoms with Gasteiger partial charge in [-0.05, 0) is 44.3 Å². The van der Waals surface area contributed by atoms with Gasteiger partial charge in [-0.2, -0.15) is 0 Å². The SMILES string of the molecule is CC(=Cc1coc(C)n1)C1CC2OC2(C)CCCC(C)C(O)C(C)C(=O)C(C)(C)C(O)CC(=O)O1. The fourth-order valence-electron chi connectivity index (χ4n) is 5.07. The summed E-state index contributed by atoms with van der Waals surface area (Å²) in [6, 6.07) is 0. The first-order valence-electron chi connectivity index (χ1n) is 12.6. The van der Waals surface area contributed by atoms with Gasteiger partial charge in [-0.3, -0.25) is 9.59 Å². The van der Waals surface area contributed by atoms with Crippen LogP contribution < -0.4 is 0 Å². The molecule has 1 aromatic heterocycles. The standard InChI is InChI=1S/C27H41NO7/c1-15-9-8-10-27(7)22(35-27)12-20(16(2)11-19-14-33-18(4)28-19)34-23(30)13-21(29)26(5,6)25(32)17(3)24(15)31/h11,14-15,17,20-22,24,29,31H,8-10,12-13H2,1-7H3. The maximum absolute atomic E-state index is 13.2. The van der Waals surface area contributed by atoms with Gasteiger partial charge >= 0.3 is 5.97 Å². The molecule has 0 amide bonds. The van der Waals surface area contributed by atoms with Crippen molar-refractivity contribution in [2.75, 3.05) is 0 Å². The van der Waals surface area contributed by atoms with Crippen molar-refractivity contribution in [3.63, 3.8) is 0 Å². The minimum absolute atomic E-state index is 0.0716. The molecule has 2 N–H and O–H groups in total. The topological polar surface area (TPSA) is 122 Å². The van der Waals surface area contributed by atoms with E-state index < -0.39 is 35.6 Å². The summed E-state index contributed by atoms with van der Waals surface area (Å²) in [6.45, 7) is 12.5. The van der Waals surface area contributed by atoms with Crippen LogP contribution in [-0.4, -0.2) is 57.0 Å². The molecule has 0 aromatic carbocycles. The van der Waals surface area contributed by atoms with E-state index in [1.807, 2.05) is 19.9 Å². The first kappa shape index (κ1) is 27.6. The van der Waals surface area contributed by atoms with Crippen LogP contribution in [0.4, 0.5) is 0 Å². The fourth-order valence-corrected chi connectivity index (χ4v) is 5.07. The van der Waals surface area contributed by atoms with Gasteiger partial charge in [0.2, 0.25) is 0 Å². The lowest BCUT2D eigenvalue weighted by Crippen LogP contribution is -2.45. The predicted octanol–water partition coefficient (Wildman–Crippen LogP) is 4.01. The Bertz CT molecular complexity index is 951. The van der Waals surface area contributed by atoms with Gasteiger partial charge in [-0.1, -0.05) is 34.1 Å². The number of ketones is 1. The van der Waals surface area contributed by atoms with Gasteiger partial charge in [0.25, 0.3) is 0 Å². The lowest BCUT2D eigenvalue weighted by Gasteiger charge is -2.34. The molecule has 0 radical (unpaired) electrons. The Labute approximate surface area is 208 Å². The second-order valence-electron chi connectivity index (χ2n) is 11.3. The highest BCUT2D eigenvalue weighted by Gasteiger charge is 2.53. The zero-order valence-electron chi connectivity index (χ0n) is 22.0. The molecule has 1 aromatic rings. The molecule has 7 unspecified atom stereocenters. The Morgan fingerprint density at radius 3 is 2.51 bits per heavy atom. The van der Waals surface area contributed by atoms with Crippen molar-refractivity contribution in [2.24, 2.45) is 17.3 Å². The molecular weight excluding hydrogens is 450 g/mol. The zero-order valence-corrected chi connectivity index (χ0v) is 22.0. The Morgan fingerprint density at radius 2 is 1.89 bits per heavy atom. The van der Waals surface area contributed by atoms with E-state index in [1.165, 1.54) is 0 Å². The summed E-state index contributed by atoms with van der Waals surface area (Å²) in [7, 11) is 0. The van der Waals surface area contributed by atoms with Crippen molar-refractivity contribution in [3.05, 3.63) is 23.4 Å². The molecule has 0 saturated carbocycles. The monoisotopic (exact) mass is 491 g/mol. The van der Waals surface area contributed by atoms with Gasteiger partial charge in [-0.15, -0.1) is 0 Å². The number of Topliss-reactive ketones (excluding diaryl/α,β-unsaturated/α-hetero) is 1. The third-order valence-corrected chi connectivity index (χ3v) is 7.93. The van der Waals surface area contributed by atoms with Crippen molar-refractivity contribution in [1.29, 1.82) is 0 Å². The highest BCUT2D eigenvalue weighted by atomic mass is 16.6. The van der Waals surface area contributed by atoms with E-state index >= 15 is 0 Å². The van der Waals surface area contributed by atoms with E-state index in [-0.39, 0.29) is 29.8 Å². The number of hydrogen-bond donors (Lipinski definition) is 2. The van der Waals surface area contributed by atoms with Gasteiger partial charge in [0.05, 0.1) is 35.7 Å². The molecular formula is C27H41NO7. The van der Waals surface area contributed by atoms with E-state index in [0.29, 0.717) is 18.0 Å². The summed E-state index contributed by atoms with van der Waals surface area (Å²) in [5.41, 5.74) is -0.107. The zero-order chi connectivity index (χ0) is 26.1. The Hall–Kier alpha value is -2.03. The maximum Gasteiger partial charge on any atom is 0.309 e. The summed E-state index contributed by atoms with van der Waals surface area (Å²) < 4.78 is 17.1. The number of aryl methyl sites for hydroxylation is 1. The van der Waals surface area contributed by atoms with E-state index in [0.717, 1.165) is 24.8 Å². The molecule has 8 heteroatoms. The molecule has 3 heterocycles. The lowest BCUT2D eigenvalue weighted by atomic mass is 9.73. The third kappa shape index (κ3) is 6.40. The molecule has 2 aliphatic heterocycles. The molecule has 0 spiro atoms. The number of rotatable bonds is 2. The highest BCUT2D eigenvalue weighted by molar-refractivity contribution is 5.88. The number of epoxide rings is 1. The largest absolute Gasteiger partial charge is 0.458 e. The van der Waals surface area contributed by atoms with Crippen LogP contribution in [0.1, 0.15) is 85.2 Å². The van der Waals surface area contributed by atoms with E-state index in [4.69, 9.17) is 13.9 Å². The van der Waals surface area contributed by atoms with Crippen LogP contribution in [0.15, 0.2) is 16.3 Å². The van der Waals surface area contributed by atoms with Crippen LogP contribution >= 0.6 is 0 Å². The minimum atomic E-state index is -1.24. The van der Waals surface area contributed by atoms with E-state index in [9.17, 15) is 19.8 Å². The highest BCUT2D eigenvalue weighted by Crippen LogP contribution is 2.45. The van der Waals surface area contributed by atoms with Crippen molar-refractivity contribution in [3.8, 4) is 0 Å². The number of aliphatic hydroxyl groups is 2. The van der Waals surface area contributed by atoms with Crippen LogP contribution in [-0.2, 0) is 19.1 Å². The molecule has 7 atom stereocenters. The Balaban J connectivity index is 1.85. The normalized spacial score (nSPS) is 37.5. The van der Waals surface area contributed by atoms with Crippen molar-refractivity contribution < 1.29 is 33.7 Å². The molecule has 196 valence electrons. The number of oxazole rings is 1. The van der Waals surface area contributed by atoms with Gasteiger partial charge < -0.3 is 24.1 Å². The summed E-state index contributed by atoms with van der Waals surface area (Å²) >= 11 is 0. The average molecular weight is 492 g/mol. The summed E-state index contributed by atoms with van der Waals surface area (Å²) in [5.74, 6) is -1.06. The second-order valence-corrected chi connectivity index (χ2v) is 11.3. The molecule has 3 rings (SSSR count). The number of fused-ring (bicyclic) bond motifs is 1. The van der Waals surface area contributed by atoms with Gasteiger partial charge in [0.1, 0.15) is 23.8 Å². The summed E-state index contributed by atoms with van der Waals surface area (Å²) in [5, 5.41) is 21.7. The summed E-state index contributed by atoms with van der Waals surface area (Å²) in [4.78, 5) is 30.4. The first-order chi connectivity index (χ1) is 16.2. The Morgan fingerprint density at radius 1 is 1.20 bits per heavy atom. The minimum Gasteiger partial charge on any atom is -0.458 e. The quantitative estimate of drug-likeness (QED) is 0.470. The number of aliphatic hydroxyl groups excluding tert-OH is 2. The lowest BCUT2D eigenvalue weighted by molar-refractivity contribution is -0.154. The third-order valence-electron chi connectivity index (χ3n) is 7.93. The first-order valence-corrected chi connectivity index (χ1v) is 12.6. The van der Waals surface area contributed by atoms with E-state index in [1.54, 1.807) is 34.0 Å². The molecule has 35 heavy (non-hydrogen) atoms. The van der Waals surface area contributed by atoms with Crippen molar-refractivity contribution >= 4 is 17.8 Å². The van der Waals surface area contributed by atoms with Crippen molar-refractivity contribution in [1.82, 2.24) is 4.98 Å². The van der Waals surface area contributed by atoms with Crippen LogP contribution in [0.2, 0.25) is 0 Å². The number of esters is 1. The molecule has 2 saturated heterocycles. The molecule has 8 nitrogen and oxygen atoms in total. The molecule has 0 aliphatic carbocycles. The van der Waals surface area contributed by atoms with Crippen LogP contribution in [0.5, 0.6) is 0 Å². The smallest absolute Gasteiger partial charge is 0.309 e. The molecule has 0 bridgehead atoms. The number of aromatic nitrogens is 1. The number of cyclic esters (lactones) is 1. The van der Waals surface area contributed by atoms with E-state index in [2.05, 4.69) is 11.9 Å². The van der Waals surface area contributed by atoms with Crippen molar-refractivity contribution in [2.45, 2.75) is 111 Å². The van der Waals surface area contributed by atoms with Gasteiger partial charge in [-0.25, -0.2) is 4.98 Å². The van der Waals surface area contributed by atoms with Crippen LogP contribution in [0.25, 0.3) is 6.08 Å². The molecule has 2 aliphatic rings. The predicted molar refractivity (Wildman–Crippen MR) is 130 cm³/mol. The van der Waals surface area contributed by atoms with Gasteiger partial charge in [0, 0.05) is 19.3 Å². The number of hydrogen-bond acceptors (Lipinski definition) is 8. The number of nitrogens with zero attached hydrogens (tertiary/aromatic N) is 1. The van der Waals surface area contributed by atoms with Crippen LogP contribution in [0, 0.1) is 24.2 Å². The number of carbonyl (C=O) groups is 2. The second kappa shape index (κ2) is 10.5. The van der Waals surface area contributed by atoms with Gasteiger partial charge in [0.15, 0.2) is 5.89 Å². The van der Waals surface area contributed by atoms with Crippen LogP contribution in [0.3, 0.4) is 0 Å². The Kier molecular flexibility index (Phi) is 8.29. The number of carbonyl (C=O) groups excluding carboxylic acids is 2.